The van der Waals surface area contributed by atoms with Gasteiger partial charge in [-0.3, -0.25) is 14.4 Å². The Morgan fingerprint density at radius 3 is 1.57 bits per heavy atom. The Morgan fingerprint density at radius 2 is 1.36 bits per heavy atom. The predicted molar refractivity (Wildman–Crippen MR) is 43.0 cm³/mol. The summed E-state index contributed by atoms with van der Waals surface area (Å²) in [5.74, 6) is 0. The maximum absolute atomic E-state index is 10.2. The molecule has 0 bridgehead atoms. The van der Waals surface area contributed by atoms with Gasteiger partial charge in [-0.25, -0.2) is 0 Å². The molecule has 0 heterocycles. The number of halogens is 1. The first-order valence-electron chi connectivity index (χ1n) is 3.77. The van der Waals surface area contributed by atoms with Crippen LogP contribution in [0.1, 0.15) is 13.3 Å². The van der Waals surface area contributed by atoms with Gasteiger partial charge in [0.25, 0.3) is 19.2 Å². The summed E-state index contributed by atoms with van der Waals surface area (Å²) in [4.78, 5) is 30.1. The summed E-state index contributed by atoms with van der Waals surface area (Å²) in [6, 6.07) is 0. The SMILES string of the molecule is CCC[N+](NC=O)(NC=O)NC=O.[Cl-]. The number of carbonyl (C=O) groups excluding carboxylic acids is 3. The Labute approximate surface area is 87.7 Å². The standard InChI is InChI=1S/C6H12N4O3.ClH/c1-2-3-10(7-4-11,8-5-12)9-6-13;/h4-6H,2-3H2,1H3,(H2-,7,8,9,11,12,13);1H. The molecule has 0 rings (SSSR count). The van der Waals surface area contributed by atoms with Crippen LogP contribution in [0.2, 0.25) is 0 Å². The number of quaternary nitrogens is 1. The van der Waals surface area contributed by atoms with Gasteiger partial charge in [-0.15, -0.1) is 0 Å². The molecule has 0 aromatic carbocycles. The van der Waals surface area contributed by atoms with Crippen LogP contribution in [0.4, 0.5) is 0 Å². The third kappa shape index (κ3) is 4.63. The molecule has 82 valence electrons. The average Bonchev–Trinajstić information content (AvgIpc) is 2.06. The van der Waals surface area contributed by atoms with Gasteiger partial charge >= 0.3 is 0 Å². The van der Waals surface area contributed by atoms with Crippen molar-refractivity contribution in [1.29, 1.82) is 0 Å². The Bertz CT molecular complexity index is 163. The Morgan fingerprint density at radius 1 is 1.00 bits per heavy atom. The van der Waals surface area contributed by atoms with Gasteiger partial charge in [-0.1, -0.05) is 6.92 Å². The molecule has 0 atom stereocenters. The first-order chi connectivity index (χ1) is 6.24. The van der Waals surface area contributed by atoms with Crippen molar-refractivity contribution >= 4 is 19.2 Å². The van der Waals surface area contributed by atoms with Crippen LogP contribution in [-0.2, 0) is 14.4 Å². The van der Waals surface area contributed by atoms with Crippen LogP contribution in [0.25, 0.3) is 0 Å². The largest absolute Gasteiger partial charge is 1.00 e. The zero-order valence-electron chi connectivity index (χ0n) is 7.70. The lowest BCUT2D eigenvalue weighted by atomic mass is 10.5. The molecule has 0 spiro atoms. The van der Waals surface area contributed by atoms with Crippen LogP contribution in [0.3, 0.4) is 0 Å². The molecule has 0 unspecified atom stereocenters. The van der Waals surface area contributed by atoms with E-state index in [2.05, 4.69) is 16.3 Å². The van der Waals surface area contributed by atoms with Gasteiger partial charge in [-0.05, 0) is 4.81 Å². The molecule has 0 aromatic heterocycles. The van der Waals surface area contributed by atoms with Gasteiger partial charge in [-0.2, -0.15) is 16.3 Å². The highest BCUT2D eigenvalue weighted by molar-refractivity contribution is 5.48. The summed E-state index contributed by atoms with van der Waals surface area (Å²) < 4.78 is 0. The molecule has 3 N–H and O–H groups in total. The number of rotatable bonds is 8. The summed E-state index contributed by atoms with van der Waals surface area (Å²) in [5, 5.41) is 0. The highest BCUT2D eigenvalue weighted by Gasteiger charge is 2.25. The van der Waals surface area contributed by atoms with Crippen molar-refractivity contribution in [2.45, 2.75) is 13.3 Å². The zero-order valence-corrected chi connectivity index (χ0v) is 8.45. The second kappa shape index (κ2) is 8.27. The molecular formula is C6H13ClN4O3. The summed E-state index contributed by atoms with van der Waals surface area (Å²) in [7, 11) is 0. The molecule has 0 saturated heterocycles. The lowest BCUT2D eigenvalue weighted by Crippen LogP contribution is -3.00. The highest BCUT2D eigenvalue weighted by atomic mass is 35.5. The Balaban J connectivity index is 0. The molecule has 0 aliphatic heterocycles. The lowest BCUT2D eigenvalue weighted by molar-refractivity contribution is -1.02. The number of carbonyl (C=O) groups is 3. The van der Waals surface area contributed by atoms with E-state index in [0.29, 0.717) is 32.2 Å². The average molecular weight is 225 g/mol. The first kappa shape index (κ1) is 15.1. The van der Waals surface area contributed by atoms with Gasteiger partial charge < -0.3 is 12.4 Å². The molecule has 0 aromatic rings. The molecule has 7 nitrogen and oxygen atoms in total. The van der Waals surface area contributed by atoms with Crippen molar-refractivity contribution in [3.05, 3.63) is 0 Å². The first-order valence-corrected chi connectivity index (χ1v) is 3.77. The van der Waals surface area contributed by atoms with Crippen molar-refractivity contribution in [2.75, 3.05) is 6.54 Å². The van der Waals surface area contributed by atoms with Gasteiger partial charge in [0.1, 0.15) is 0 Å². The number of amides is 3. The van der Waals surface area contributed by atoms with E-state index in [9.17, 15) is 14.4 Å². The minimum atomic E-state index is -0.479. The quantitative estimate of drug-likeness (QED) is 0.220. The van der Waals surface area contributed by atoms with E-state index in [1.54, 1.807) is 0 Å². The Hall–Kier alpha value is -1.34. The topological polar surface area (TPSA) is 87.3 Å². The summed E-state index contributed by atoms with van der Waals surface area (Å²) >= 11 is 0. The van der Waals surface area contributed by atoms with Crippen molar-refractivity contribution < 1.29 is 31.6 Å². The van der Waals surface area contributed by atoms with E-state index in [0.717, 1.165) is 0 Å². The van der Waals surface area contributed by atoms with Crippen molar-refractivity contribution in [1.82, 2.24) is 16.3 Å². The third-order valence-electron chi connectivity index (χ3n) is 1.38. The number of nitrogens with one attached hydrogen (secondary N) is 3. The fourth-order valence-electron chi connectivity index (χ4n) is 0.911. The molecule has 3 amide bonds. The fraction of sp³-hybridized carbons (Fsp3) is 0.500. The van der Waals surface area contributed by atoms with E-state index in [1.807, 2.05) is 6.92 Å². The van der Waals surface area contributed by atoms with E-state index < -0.39 is 4.81 Å². The van der Waals surface area contributed by atoms with Gasteiger partial charge in [0, 0.05) is 6.42 Å². The lowest BCUT2D eigenvalue weighted by Gasteiger charge is -2.30. The van der Waals surface area contributed by atoms with E-state index in [-0.39, 0.29) is 12.4 Å². The third-order valence-corrected chi connectivity index (χ3v) is 1.38. The summed E-state index contributed by atoms with van der Waals surface area (Å²) in [6.45, 7) is 2.20. The van der Waals surface area contributed by atoms with Gasteiger partial charge in [0.15, 0.2) is 6.54 Å². The van der Waals surface area contributed by atoms with Crippen LogP contribution in [0.5, 0.6) is 0 Å². The molecule has 0 radical (unpaired) electrons. The van der Waals surface area contributed by atoms with Gasteiger partial charge in [0.2, 0.25) is 0 Å². The van der Waals surface area contributed by atoms with Crippen LogP contribution < -0.4 is 28.7 Å². The summed E-state index contributed by atoms with van der Waals surface area (Å²) in [5.41, 5.74) is 6.81. The van der Waals surface area contributed by atoms with E-state index in [1.165, 1.54) is 0 Å². The van der Waals surface area contributed by atoms with Crippen molar-refractivity contribution in [3.63, 3.8) is 0 Å². The number of nitrogens with zero attached hydrogens (tertiary/aromatic N) is 1. The zero-order chi connectivity index (χ0) is 10.2. The highest BCUT2D eigenvalue weighted by Crippen LogP contribution is 1.90. The molecule has 14 heavy (non-hydrogen) atoms. The van der Waals surface area contributed by atoms with Gasteiger partial charge in [0.05, 0.1) is 0 Å². The second-order valence-corrected chi connectivity index (χ2v) is 2.27. The van der Waals surface area contributed by atoms with Crippen LogP contribution in [0, 0.1) is 0 Å². The van der Waals surface area contributed by atoms with E-state index in [4.69, 9.17) is 0 Å². The molecule has 0 aliphatic rings. The van der Waals surface area contributed by atoms with E-state index >= 15 is 0 Å². The van der Waals surface area contributed by atoms with Crippen LogP contribution in [-0.4, -0.2) is 30.6 Å². The monoisotopic (exact) mass is 224 g/mol. The molecule has 0 saturated carbocycles. The van der Waals surface area contributed by atoms with Crippen molar-refractivity contribution in [3.8, 4) is 0 Å². The molecular weight excluding hydrogens is 212 g/mol. The predicted octanol–water partition coefficient (Wildman–Crippen LogP) is -4.80. The maximum Gasteiger partial charge on any atom is 0.257 e. The molecule has 0 aliphatic carbocycles. The number of hydrogen-bond donors (Lipinski definition) is 3. The number of hydrogen-bond acceptors (Lipinski definition) is 3. The molecule has 8 heteroatoms. The minimum absolute atomic E-state index is 0. The minimum Gasteiger partial charge on any atom is -1.00 e. The summed E-state index contributed by atoms with van der Waals surface area (Å²) in [6.07, 6.45) is 1.84. The maximum atomic E-state index is 10.2. The smallest absolute Gasteiger partial charge is 0.257 e. The van der Waals surface area contributed by atoms with Crippen LogP contribution >= 0.6 is 0 Å². The second-order valence-electron chi connectivity index (χ2n) is 2.27. The fourth-order valence-corrected chi connectivity index (χ4v) is 0.911. The Kier molecular flexibility index (Phi) is 8.94. The molecule has 0 fully saturated rings. The van der Waals surface area contributed by atoms with Crippen molar-refractivity contribution in [2.24, 2.45) is 0 Å². The van der Waals surface area contributed by atoms with Crippen LogP contribution in [0.15, 0.2) is 0 Å². The normalized spacial score (nSPS) is 9.21.